The molecule has 2 aliphatic heterocycles. The van der Waals surface area contributed by atoms with Crippen molar-refractivity contribution < 1.29 is 24.0 Å². The predicted octanol–water partition coefficient (Wildman–Crippen LogP) is 3.50. The summed E-state index contributed by atoms with van der Waals surface area (Å²) in [7, 11) is 3.83. The topological polar surface area (TPSA) is 95.2 Å². The molecule has 2 amide bonds. The fourth-order valence-corrected chi connectivity index (χ4v) is 5.36. The molecular formula is C28H32N4O5. The molecule has 194 valence electrons. The predicted molar refractivity (Wildman–Crippen MR) is 138 cm³/mol. The first-order valence-corrected chi connectivity index (χ1v) is 12.5. The third kappa shape index (κ3) is 4.72. The summed E-state index contributed by atoms with van der Waals surface area (Å²) < 4.78 is 5.78. The molecule has 0 bridgehead atoms. The number of fused-ring (bicyclic) bond motifs is 1. The molecule has 1 N–H and O–H groups in total. The highest BCUT2D eigenvalue weighted by atomic mass is 16.7. The number of piperazine rings is 1. The zero-order valence-electron chi connectivity index (χ0n) is 21.7. The van der Waals surface area contributed by atoms with Crippen molar-refractivity contribution in [3.05, 3.63) is 64.3 Å². The molecule has 5 rings (SSSR count). The molecule has 2 aromatic carbocycles. The normalized spacial score (nSPS) is 19.1. The quantitative estimate of drug-likeness (QED) is 0.514. The summed E-state index contributed by atoms with van der Waals surface area (Å²) in [6.07, 6.45) is 2.10. The molecule has 3 heterocycles. The monoisotopic (exact) mass is 504 g/mol. The number of methoxy groups -OCH3 is 1. The molecule has 37 heavy (non-hydrogen) atoms. The first-order chi connectivity index (χ1) is 17.8. The van der Waals surface area contributed by atoms with E-state index < -0.39 is 17.8 Å². The lowest BCUT2D eigenvalue weighted by molar-refractivity contribution is -0.172. The molecule has 1 atom stereocenters. The molecule has 1 unspecified atom stereocenters. The van der Waals surface area contributed by atoms with Gasteiger partial charge in [-0.2, -0.15) is 0 Å². The molecular weight excluding hydrogens is 472 g/mol. The average molecular weight is 505 g/mol. The van der Waals surface area contributed by atoms with Gasteiger partial charge in [-0.3, -0.25) is 14.5 Å². The minimum atomic E-state index is -0.704. The van der Waals surface area contributed by atoms with Crippen LogP contribution in [0.25, 0.3) is 10.9 Å². The maximum Gasteiger partial charge on any atom is 0.364 e. The van der Waals surface area contributed by atoms with Crippen LogP contribution in [0.2, 0.25) is 0 Å². The number of hydroxylamine groups is 2. The highest BCUT2D eigenvalue weighted by molar-refractivity contribution is 6.03. The SMILES string of the molecule is COc1cc(C)c2[nH]ccc2c1CN1CCN(C)CC1c1ccc(C(=O)ON2C(=O)CCC2=O)c(C)c1. The van der Waals surface area contributed by atoms with Crippen LogP contribution in [0, 0.1) is 13.8 Å². The highest BCUT2D eigenvalue weighted by Crippen LogP contribution is 2.35. The Morgan fingerprint density at radius 2 is 1.81 bits per heavy atom. The lowest BCUT2D eigenvalue weighted by atomic mass is 9.96. The number of ether oxygens (including phenoxy) is 1. The standard InChI is InChI=1S/C28H32N4O5/c1-17-13-19(5-6-20(17)28(35)37-32-25(33)7-8-26(32)34)23-16-30(3)11-12-31(23)15-22-21-9-10-29-27(21)18(2)14-24(22)36-4/h5-6,9-10,13-14,23,29H,7-8,11-12,15-16H2,1-4H3. The Kier molecular flexibility index (Phi) is 6.74. The number of rotatable bonds is 6. The zero-order chi connectivity index (χ0) is 26.3. The fraction of sp³-hybridized carbons (Fsp3) is 0.393. The van der Waals surface area contributed by atoms with Crippen molar-refractivity contribution in [3.63, 3.8) is 0 Å². The van der Waals surface area contributed by atoms with E-state index in [0.29, 0.717) is 10.6 Å². The van der Waals surface area contributed by atoms with Gasteiger partial charge in [-0.25, -0.2) is 4.79 Å². The number of carbonyl (C=O) groups excluding carboxylic acids is 3. The van der Waals surface area contributed by atoms with Crippen molar-refractivity contribution in [1.29, 1.82) is 0 Å². The molecule has 0 spiro atoms. The van der Waals surface area contributed by atoms with Gasteiger partial charge in [0.2, 0.25) is 0 Å². The average Bonchev–Trinajstić information content (AvgIpc) is 3.49. The van der Waals surface area contributed by atoms with Crippen LogP contribution in [0.5, 0.6) is 5.75 Å². The second-order valence-corrected chi connectivity index (χ2v) is 9.92. The van der Waals surface area contributed by atoms with Crippen LogP contribution in [0.15, 0.2) is 36.5 Å². The van der Waals surface area contributed by atoms with Crippen molar-refractivity contribution in [2.45, 2.75) is 39.3 Å². The van der Waals surface area contributed by atoms with Crippen molar-refractivity contribution in [3.8, 4) is 5.75 Å². The van der Waals surface area contributed by atoms with E-state index in [4.69, 9.17) is 9.57 Å². The summed E-state index contributed by atoms with van der Waals surface area (Å²) in [6.45, 7) is 7.31. The number of nitrogens with one attached hydrogen (secondary N) is 1. The number of aryl methyl sites for hydroxylation is 2. The van der Waals surface area contributed by atoms with Gasteiger partial charge in [0.25, 0.3) is 11.8 Å². The number of imide groups is 1. The molecule has 0 saturated carbocycles. The van der Waals surface area contributed by atoms with Crippen molar-refractivity contribution in [2.75, 3.05) is 33.8 Å². The summed E-state index contributed by atoms with van der Waals surface area (Å²) in [5.74, 6) is -0.805. The molecule has 0 radical (unpaired) electrons. The molecule has 2 aliphatic rings. The number of carbonyl (C=O) groups is 3. The van der Waals surface area contributed by atoms with Crippen LogP contribution in [0.1, 0.15) is 51.5 Å². The summed E-state index contributed by atoms with van der Waals surface area (Å²) in [5, 5.41) is 1.75. The minimum absolute atomic E-state index is 0.0654. The van der Waals surface area contributed by atoms with Gasteiger partial charge >= 0.3 is 5.97 Å². The summed E-state index contributed by atoms with van der Waals surface area (Å²) in [4.78, 5) is 49.7. The number of hydrogen-bond acceptors (Lipinski definition) is 7. The second-order valence-electron chi connectivity index (χ2n) is 9.92. The Balaban J connectivity index is 1.42. The van der Waals surface area contributed by atoms with Gasteiger partial charge in [0.05, 0.1) is 12.7 Å². The van der Waals surface area contributed by atoms with E-state index in [2.05, 4.69) is 40.9 Å². The smallest absolute Gasteiger partial charge is 0.364 e. The molecule has 0 aliphatic carbocycles. The van der Waals surface area contributed by atoms with E-state index in [9.17, 15) is 14.4 Å². The van der Waals surface area contributed by atoms with Gasteiger partial charge in [0.1, 0.15) is 5.75 Å². The van der Waals surface area contributed by atoms with E-state index in [-0.39, 0.29) is 18.9 Å². The number of nitrogens with zero attached hydrogens (tertiary/aromatic N) is 3. The zero-order valence-corrected chi connectivity index (χ0v) is 21.7. The first kappa shape index (κ1) is 25.0. The summed E-state index contributed by atoms with van der Waals surface area (Å²) in [6, 6.07) is 9.95. The van der Waals surface area contributed by atoms with Crippen molar-refractivity contribution >= 4 is 28.7 Å². The molecule has 1 aromatic heterocycles. The molecule has 9 heteroatoms. The number of H-pyrrole nitrogens is 1. The molecule has 3 aromatic rings. The van der Waals surface area contributed by atoms with Crippen molar-refractivity contribution in [2.24, 2.45) is 0 Å². The third-order valence-electron chi connectivity index (χ3n) is 7.42. The Hall–Kier alpha value is -3.69. The lowest BCUT2D eigenvalue weighted by Gasteiger charge is -2.41. The number of likely N-dealkylation sites (N-methyl/N-ethyl adjacent to an activating group) is 1. The van der Waals surface area contributed by atoms with Crippen LogP contribution in [0.4, 0.5) is 0 Å². The van der Waals surface area contributed by atoms with Gasteiger partial charge in [0, 0.05) is 67.7 Å². The van der Waals surface area contributed by atoms with Gasteiger partial charge in [0.15, 0.2) is 0 Å². The summed E-state index contributed by atoms with van der Waals surface area (Å²) in [5.41, 5.74) is 5.57. The fourth-order valence-electron chi connectivity index (χ4n) is 5.36. The second kappa shape index (κ2) is 9.99. The van der Waals surface area contributed by atoms with Gasteiger partial charge in [-0.15, -0.1) is 5.06 Å². The number of hydrogen-bond donors (Lipinski definition) is 1. The Morgan fingerprint density at radius 1 is 1.05 bits per heavy atom. The first-order valence-electron chi connectivity index (χ1n) is 12.5. The van der Waals surface area contributed by atoms with E-state index in [1.807, 2.05) is 25.3 Å². The Labute approximate surface area is 215 Å². The lowest BCUT2D eigenvalue weighted by Crippen LogP contribution is -2.46. The maximum atomic E-state index is 12.8. The van der Waals surface area contributed by atoms with Crippen LogP contribution in [-0.4, -0.2) is 71.4 Å². The highest BCUT2D eigenvalue weighted by Gasteiger charge is 2.34. The maximum absolute atomic E-state index is 12.8. The van der Waals surface area contributed by atoms with E-state index in [1.54, 1.807) is 13.2 Å². The number of aromatic nitrogens is 1. The Morgan fingerprint density at radius 3 is 2.51 bits per heavy atom. The van der Waals surface area contributed by atoms with Crippen LogP contribution in [-0.2, 0) is 21.0 Å². The molecule has 9 nitrogen and oxygen atoms in total. The van der Waals surface area contributed by atoms with Gasteiger partial charge in [-0.05, 0) is 55.8 Å². The van der Waals surface area contributed by atoms with Crippen molar-refractivity contribution in [1.82, 2.24) is 19.8 Å². The molecule has 2 saturated heterocycles. The Bertz CT molecular complexity index is 1360. The molecule has 2 fully saturated rings. The summed E-state index contributed by atoms with van der Waals surface area (Å²) >= 11 is 0. The van der Waals surface area contributed by atoms with E-state index >= 15 is 0 Å². The largest absolute Gasteiger partial charge is 0.496 e. The van der Waals surface area contributed by atoms with Gasteiger partial charge < -0.3 is 19.5 Å². The van der Waals surface area contributed by atoms with E-state index in [1.165, 1.54) is 0 Å². The van der Waals surface area contributed by atoms with E-state index in [0.717, 1.165) is 65.1 Å². The minimum Gasteiger partial charge on any atom is -0.496 e. The van der Waals surface area contributed by atoms with Crippen LogP contribution in [0.3, 0.4) is 0 Å². The van der Waals surface area contributed by atoms with Gasteiger partial charge in [-0.1, -0.05) is 12.1 Å². The number of amides is 2. The third-order valence-corrected chi connectivity index (χ3v) is 7.42. The van der Waals surface area contributed by atoms with Crippen LogP contribution >= 0.6 is 0 Å². The van der Waals surface area contributed by atoms with Crippen LogP contribution < -0.4 is 4.74 Å². The number of aromatic amines is 1. The number of benzene rings is 2.